The summed E-state index contributed by atoms with van der Waals surface area (Å²) in [5, 5.41) is 3.60. The van der Waals surface area contributed by atoms with Gasteiger partial charge in [-0.25, -0.2) is 8.42 Å². The van der Waals surface area contributed by atoms with Gasteiger partial charge in [-0.1, -0.05) is 6.92 Å². The third-order valence-electron chi connectivity index (χ3n) is 3.72. The zero-order valence-corrected chi connectivity index (χ0v) is 11.9. The Labute approximate surface area is 111 Å². The number of aromatic nitrogens is 1. The lowest BCUT2D eigenvalue weighted by Crippen LogP contribution is -2.12. The largest absolute Gasteiger partial charge is 0.382 e. The van der Waals surface area contributed by atoms with Gasteiger partial charge in [0.1, 0.15) is 9.90 Å². The van der Waals surface area contributed by atoms with Gasteiger partial charge in [-0.15, -0.1) is 0 Å². The molecule has 0 aromatic carbocycles. The lowest BCUT2D eigenvalue weighted by Gasteiger charge is -2.07. The molecule has 1 aromatic rings. The van der Waals surface area contributed by atoms with Gasteiger partial charge < -0.3 is 11.1 Å². The molecule has 0 radical (unpaired) electrons. The molecule has 0 aliphatic heterocycles. The fourth-order valence-electron chi connectivity index (χ4n) is 2.13. The van der Waals surface area contributed by atoms with Crippen molar-refractivity contribution < 1.29 is 8.42 Å². The maximum absolute atomic E-state index is 12.3. The lowest BCUT2D eigenvalue weighted by atomic mass is 10.3. The molecule has 7 heteroatoms. The van der Waals surface area contributed by atoms with Crippen LogP contribution in [0.15, 0.2) is 4.90 Å². The molecule has 2 saturated carbocycles. The van der Waals surface area contributed by atoms with Crippen molar-refractivity contribution in [2.45, 2.75) is 36.3 Å². The minimum Gasteiger partial charge on any atom is -0.382 e. The van der Waals surface area contributed by atoms with E-state index in [0.29, 0.717) is 10.9 Å². The normalized spacial score (nSPS) is 27.2. The fourth-order valence-corrected chi connectivity index (χ4v) is 5.03. The van der Waals surface area contributed by atoms with Gasteiger partial charge in [-0.2, -0.15) is 4.37 Å². The maximum atomic E-state index is 12.3. The SMILES string of the molecule is CC1CC1CNc1snc(N)c1S(=O)(=O)C1CC1. The summed E-state index contributed by atoms with van der Waals surface area (Å²) in [4.78, 5) is 0.239. The minimum atomic E-state index is -3.26. The lowest BCUT2D eigenvalue weighted by molar-refractivity contribution is 0.595. The molecule has 2 atom stereocenters. The Kier molecular flexibility index (Phi) is 2.78. The summed E-state index contributed by atoms with van der Waals surface area (Å²) in [6, 6.07) is 0. The van der Waals surface area contributed by atoms with Crippen molar-refractivity contribution in [1.29, 1.82) is 0 Å². The number of nitrogens with zero attached hydrogens (tertiary/aromatic N) is 1. The van der Waals surface area contributed by atoms with E-state index in [0.717, 1.165) is 36.8 Å². The molecule has 2 unspecified atom stereocenters. The first kappa shape index (κ1) is 12.2. The van der Waals surface area contributed by atoms with Gasteiger partial charge in [-0.05, 0) is 42.6 Å². The van der Waals surface area contributed by atoms with Gasteiger partial charge in [0.2, 0.25) is 0 Å². The number of nitrogens with one attached hydrogen (secondary N) is 1. The minimum absolute atomic E-state index is 0.151. The molecule has 1 aromatic heterocycles. The number of sulfone groups is 1. The van der Waals surface area contributed by atoms with Crippen LogP contribution in [0.25, 0.3) is 0 Å². The smallest absolute Gasteiger partial charge is 0.187 e. The predicted molar refractivity (Wildman–Crippen MR) is 72.5 cm³/mol. The van der Waals surface area contributed by atoms with Gasteiger partial charge in [0.25, 0.3) is 0 Å². The van der Waals surface area contributed by atoms with Crippen molar-refractivity contribution in [3.8, 4) is 0 Å². The molecule has 0 saturated heterocycles. The van der Waals surface area contributed by atoms with Crippen molar-refractivity contribution in [2.24, 2.45) is 11.8 Å². The first-order valence-corrected chi connectivity index (χ1v) is 8.55. The third-order valence-corrected chi connectivity index (χ3v) is 7.00. The number of nitrogen functional groups attached to an aromatic ring is 1. The van der Waals surface area contributed by atoms with Crippen LogP contribution in [0.1, 0.15) is 26.2 Å². The summed E-state index contributed by atoms with van der Waals surface area (Å²) in [6.45, 7) is 3.02. The first-order valence-electron chi connectivity index (χ1n) is 6.23. The van der Waals surface area contributed by atoms with Gasteiger partial charge in [0.05, 0.1) is 5.25 Å². The highest BCUT2D eigenvalue weighted by atomic mass is 32.2. The Balaban J connectivity index is 1.82. The van der Waals surface area contributed by atoms with E-state index < -0.39 is 9.84 Å². The summed E-state index contributed by atoms with van der Waals surface area (Å²) >= 11 is 1.15. The number of rotatable bonds is 5. The van der Waals surface area contributed by atoms with Crippen LogP contribution in [-0.2, 0) is 9.84 Å². The van der Waals surface area contributed by atoms with Crippen molar-refractivity contribution in [3.05, 3.63) is 0 Å². The summed E-state index contributed by atoms with van der Waals surface area (Å²) < 4.78 is 28.5. The quantitative estimate of drug-likeness (QED) is 0.861. The molecule has 0 amide bonds. The zero-order valence-electron chi connectivity index (χ0n) is 10.2. The Morgan fingerprint density at radius 2 is 2.17 bits per heavy atom. The van der Waals surface area contributed by atoms with Crippen LogP contribution in [0, 0.1) is 11.8 Å². The number of hydrogen-bond donors (Lipinski definition) is 2. The molecule has 5 nitrogen and oxygen atoms in total. The number of hydrogen-bond acceptors (Lipinski definition) is 6. The molecule has 18 heavy (non-hydrogen) atoms. The molecule has 1 heterocycles. The molecule has 2 aliphatic rings. The molecule has 0 bridgehead atoms. The summed E-state index contributed by atoms with van der Waals surface area (Å²) in [6.07, 6.45) is 2.71. The summed E-state index contributed by atoms with van der Waals surface area (Å²) in [5.41, 5.74) is 5.72. The second-order valence-corrected chi connectivity index (χ2v) is 8.26. The second kappa shape index (κ2) is 4.09. The van der Waals surface area contributed by atoms with Crippen molar-refractivity contribution in [3.63, 3.8) is 0 Å². The van der Waals surface area contributed by atoms with Crippen LogP contribution in [0.2, 0.25) is 0 Å². The summed E-state index contributed by atoms with van der Waals surface area (Å²) in [5.74, 6) is 1.55. The van der Waals surface area contributed by atoms with E-state index in [-0.39, 0.29) is 16.0 Å². The zero-order chi connectivity index (χ0) is 12.9. The monoisotopic (exact) mass is 287 g/mol. The molecular weight excluding hydrogens is 270 g/mol. The Morgan fingerprint density at radius 3 is 2.72 bits per heavy atom. The van der Waals surface area contributed by atoms with Crippen molar-refractivity contribution >= 4 is 32.2 Å². The van der Waals surface area contributed by atoms with E-state index in [1.54, 1.807) is 0 Å². The van der Waals surface area contributed by atoms with Gasteiger partial charge in [-0.3, -0.25) is 0 Å². The molecule has 3 N–H and O–H groups in total. The van der Waals surface area contributed by atoms with Gasteiger partial charge in [0, 0.05) is 6.54 Å². The summed E-state index contributed by atoms with van der Waals surface area (Å²) in [7, 11) is -3.26. The molecule has 2 fully saturated rings. The first-order chi connectivity index (χ1) is 8.50. The predicted octanol–water partition coefficient (Wildman–Crippen LogP) is 1.73. The van der Waals surface area contributed by atoms with E-state index in [4.69, 9.17) is 5.73 Å². The average Bonchev–Trinajstić information content (AvgIpc) is 3.19. The van der Waals surface area contributed by atoms with Crippen LogP contribution in [-0.4, -0.2) is 24.6 Å². The topological polar surface area (TPSA) is 85.1 Å². The van der Waals surface area contributed by atoms with E-state index in [1.165, 1.54) is 6.42 Å². The Bertz CT molecular complexity index is 563. The third kappa shape index (κ3) is 2.09. The molecular formula is C11H17N3O2S2. The highest BCUT2D eigenvalue weighted by Crippen LogP contribution is 2.42. The average molecular weight is 287 g/mol. The van der Waals surface area contributed by atoms with Gasteiger partial charge >= 0.3 is 0 Å². The van der Waals surface area contributed by atoms with Crippen LogP contribution in [0.3, 0.4) is 0 Å². The molecule has 2 aliphatic carbocycles. The number of nitrogens with two attached hydrogens (primary N) is 1. The van der Waals surface area contributed by atoms with E-state index in [1.807, 2.05) is 0 Å². The maximum Gasteiger partial charge on any atom is 0.187 e. The highest BCUT2D eigenvalue weighted by Gasteiger charge is 2.41. The van der Waals surface area contributed by atoms with Crippen LogP contribution in [0.5, 0.6) is 0 Å². The van der Waals surface area contributed by atoms with Crippen LogP contribution >= 0.6 is 11.5 Å². The van der Waals surface area contributed by atoms with Crippen LogP contribution < -0.4 is 11.1 Å². The standard InChI is InChI=1S/C11H17N3O2S2/c1-6-4-7(6)5-13-11-9(10(12)14-17-11)18(15,16)8-2-3-8/h6-8,13H,2-5H2,1H3,(H2,12,14). The highest BCUT2D eigenvalue weighted by molar-refractivity contribution is 7.92. The molecule has 100 valence electrons. The van der Waals surface area contributed by atoms with Crippen molar-refractivity contribution in [2.75, 3.05) is 17.6 Å². The second-order valence-electron chi connectivity index (χ2n) is 5.32. The molecule has 3 rings (SSSR count). The number of anilines is 2. The molecule has 0 spiro atoms. The van der Waals surface area contributed by atoms with E-state index in [9.17, 15) is 8.42 Å². The fraction of sp³-hybridized carbons (Fsp3) is 0.727. The Hall–Kier alpha value is -0.820. The van der Waals surface area contributed by atoms with Crippen molar-refractivity contribution in [1.82, 2.24) is 4.37 Å². The van der Waals surface area contributed by atoms with Crippen LogP contribution in [0.4, 0.5) is 10.8 Å². The van der Waals surface area contributed by atoms with Gasteiger partial charge in [0.15, 0.2) is 15.7 Å². The van der Waals surface area contributed by atoms with E-state index >= 15 is 0 Å². The van der Waals surface area contributed by atoms with E-state index in [2.05, 4.69) is 16.6 Å². The Morgan fingerprint density at radius 1 is 1.50 bits per heavy atom.